The zero-order valence-corrected chi connectivity index (χ0v) is 10.7. The summed E-state index contributed by atoms with van der Waals surface area (Å²) >= 11 is 0. The van der Waals surface area contributed by atoms with E-state index in [0.29, 0.717) is 6.54 Å². The summed E-state index contributed by atoms with van der Waals surface area (Å²) in [6.07, 6.45) is -1.16. The van der Waals surface area contributed by atoms with Gasteiger partial charge in [-0.15, -0.1) is 0 Å². The maximum Gasteiger partial charge on any atom is 0.410 e. The predicted molar refractivity (Wildman–Crippen MR) is 71.1 cm³/mol. The standard InChI is InChI=1S/C14H17FN2O2/c1-16-13-9-17(8-7-12(13)15)14(18)19-10-11-5-3-2-4-6-11/h2-6,12-13H,1,7-10H2. The number of hydrogen-bond acceptors (Lipinski definition) is 3. The highest BCUT2D eigenvalue weighted by Crippen LogP contribution is 2.17. The van der Waals surface area contributed by atoms with E-state index in [9.17, 15) is 9.18 Å². The second-order valence-electron chi connectivity index (χ2n) is 4.54. The third-order valence-corrected chi connectivity index (χ3v) is 3.20. The maximum absolute atomic E-state index is 13.4. The molecule has 1 aliphatic rings. The highest BCUT2D eigenvalue weighted by molar-refractivity contribution is 5.67. The SMILES string of the molecule is C=NC1CN(C(=O)OCc2ccccc2)CCC1F. The number of ether oxygens (including phenoxy) is 1. The molecule has 1 amide bonds. The van der Waals surface area contributed by atoms with E-state index in [1.54, 1.807) is 0 Å². The van der Waals surface area contributed by atoms with Crippen LogP contribution in [0.2, 0.25) is 0 Å². The molecule has 0 spiro atoms. The number of hydrogen-bond donors (Lipinski definition) is 0. The van der Waals surface area contributed by atoms with Crippen molar-refractivity contribution in [1.82, 2.24) is 4.90 Å². The molecule has 0 N–H and O–H groups in total. The van der Waals surface area contributed by atoms with E-state index in [2.05, 4.69) is 11.7 Å². The van der Waals surface area contributed by atoms with Crippen LogP contribution in [0.1, 0.15) is 12.0 Å². The quantitative estimate of drug-likeness (QED) is 0.787. The topological polar surface area (TPSA) is 41.9 Å². The van der Waals surface area contributed by atoms with Crippen LogP contribution in [0.15, 0.2) is 35.3 Å². The van der Waals surface area contributed by atoms with Crippen molar-refractivity contribution in [2.45, 2.75) is 25.2 Å². The van der Waals surface area contributed by atoms with Crippen LogP contribution in [0.4, 0.5) is 9.18 Å². The van der Waals surface area contributed by atoms with Crippen molar-refractivity contribution in [3.05, 3.63) is 35.9 Å². The lowest BCUT2D eigenvalue weighted by molar-refractivity contribution is 0.0708. The summed E-state index contributed by atoms with van der Waals surface area (Å²) < 4.78 is 18.6. The van der Waals surface area contributed by atoms with Crippen molar-refractivity contribution in [3.63, 3.8) is 0 Å². The summed E-state index contributed by atoms with van der Waals surface area (Å²) in [6, 6.07) is 8.89. The van der Waals surface area contributed by atoms with Crippen LogP contribution < -0.4 is 0 Å². The Morgan fingerprint density at radius 2 is 2.21 bits per heavy atom. The first-order chi connectivity index (χ1) is 9.20. The molecule has 1 heterocycles. The number of alkyl halides is 1. The molecular weight excluding hydrogens is 247 g/mol. The molecule has 1 aliphatic heterocycles. The van der Waals surface area contributed by atoms with Gasteiger partial charge in [0.25, 0.3) is 0 Å². The first-order valence-corrected chi connectivity index (χ1v) is 6.26. The zero-order chi connectivity index (χ0) is 13.7. The first kappa shape index (κ1) is 13.5. The summed E-state index contributed by atoms with van der Waals surface area (Å²) in [6.45, 7) is 4.17. The molecule has 1 aromatic rings. The molecule has 2 rings (SSSR count). The van der Waals surface area contributed by atoms with Gasteiger partial charge < -0.3 is 9.64 Å². The average molecular weight is 264 g/mol. The van der Waals surface area contributed by atoms with Crippen LogP contribution >= 0.6 is 0 Å². The molecule has 5 heteroatoms. The van der Waals surface area contributed by atoms with Gasteiger partial charge in [-0.3, -0.25) is 4.99 Å². The summed E-state index contributed by atoms with van der Waals surface area (Å²) in [5.41, 5.74) is 0.926. The average Bonchev–Trinajstić information content (AvgIpc) is 2.46. The molecule has 0 aromatic heterocycles. The van der Waals surface area contributed by atoms with Crippen LogP contribution in [-0.4, -0.2) is 43.0 Å². The van der Waals surface area contributed by atoms with Gasteiger partial charge in [-0.2, -0.15) is 0 Å². The second-order valence-corrected chi connectivity index (χ2v) is 4.54. The lowest BCUT2D eigenvalue weighted by Crippen LogP contribution is -2.46. The molecule has 0 aliphatic carbocycles. The minimum atomic E-state index is -1.02. The number of amides is 1. The van der Waals surface area contributed by atoms with E-state index in [1.165, 1.54) is 4.90 Å². The zero-order valence-electron chi connectivity index (χ0n) is 10.7. The van der Waals surface area contributed by atoms with Crippen molar-refractivity contribution in [3.8, 4) is 0 Å². The molecule has 1 saturated heterocycles. The molecule has 1 aromatic carbocycles. The van der Waals surface area contributed by atoms with Crippen molar-refractivity contribution < 1.29 is 13.9 Å². The Bertz CT molecular complexity index is 438. The maximum atomic E-state index is 13.4. The fourth-order valence-electron chi connectivity index (χ4n) is 2.05. The number of benzene rings is 1. The van der Waals surface area contributed by atoms with E-state index in [4.69, 9.17) is 4.74 Å². The summed E-state index contributed by atoms with van der Waals surface area (Å²) in [5, 5.41) is 0. The van der Waals surface area contributed by atoms with Gasteiger partial charge in [-0.25, -0.2) is 9.18 Å². The van der Waals surface area contributed by atoms with Crippen molar-refractivity contribution in [2.24, 2.45) is 4.99 Å². The van der Waals surface area contributed by atoms with Gasteiger partial charge in [0.1, 0.15) is 12.8 Å². The number of likely N-dealkylation sites (tertiary alicyclic amines) is 1. The van der Waals surface area contributed by atoms with Crippen LogP contribution in [-0.2, 0) is 11.3 Å². The number of rotatable bonds is 3. The van der Waals surface area contributed by atoms with E-state index >= 15 is 0 Å². The van der Waals surface area contributed by atoms with E-state index in [1.807, 2.05) is 30.3 Å². The Morgan fingerprint density at radius 1 is 1.47 bits per heavy atom. The highest BCUT2D eigenvalue weighted by Gasteiger charge is 2.31. The highest BCUT2D eigenvalue weighted by atomic mass is 19.1. The Labute approximate surface area is 111 Å². The smallest absolute Gasteiger partial charge is 0.410 e. The first-order valence-electron chi connectivity index (χ1n) is 6.26. The van der Waals surface area contributed by atoms with Gasteiger partial charge in [0, 0.05) is 13.1 Å². The third-order valence-electron chi connectivity index (χ3n) is 3.20. The second kappa shape index (κ2) is 6.31. The molecule has 0 radical (unpaired) electrons. The molecular formula is C14H17FN2O2. The Hall–Kier alpha value is -1.91. The fraction of sp³-hybridized carbons (Fsp3) is 0.429. The van der Waals surface area contributed by atoms with Gasteiger partial charge in [0.05, 0.1) is 6.04 Å². The van der Waals surface area contributed by atoms with E-state index in [0.717, 1.165) is 5.56 Å². The Balaban J connectivity index is 1.85. The molecule has 102 valence electrons. The summed E-state index contributed by atoms with van der Waals surface area (Å²) in [5.74, 6) is 0. The van der Waals surface area contributed by atoms with Crippen molar-refractivity contribution >= 4 is 12.8 Å². The summed E-state index contributed by atoms with van der Waals surface area (Å²) in [4.78, 5) is 17.0. The van der Waals surface area contributed by atoms with Crippen LogP contribution in [0.5, 0.6) is 0 Å². The molecule has 2 atom stereocenters. The summed E-state index contributed by atoms with van der Waals surface area (Å²) in [7, 11) is 0. The van der Waals surface area contributed by atoms with Gasteiger partial charge >= 0.3 is 6.09 Å². The molecule has 1 fully saturated rings. The van der Waals surface area contributed by atoms with E-state index < -0.39 is 18.3 Å². The molecule has 0 bridgehead atoms. The number of carbonyl (C=O) groups excluding carboxylic acids is 1. The monoisotopic (exact) mass is 264 g/mol. The number of halogens is 1. The lowest BCUT2D eigenvalue weighted by atomic mass is 10.1. The van der Waals surface area contributed by atoms with Crippen LogP contribution in [0, 0.1) is 0 Å². The predicted octanol–water partition coefficient (Wildman–Crippen LogP) is 2.44. The van der Waals surface area contributed by atoms with Gasteiger partial charge in [-0.1, -0.05) is 30.3 Å². The molecule has 0 saturated carbocycles. The Morgan fingerprint density at radius 3 is 2.89 bits per heavy atom. The van der Waals surface area contributed by atoms with Gasteiger partial charge in [0.15, 0.2) is 0 Å². The fourth-order valence-corrected chi connectivity index (χ4v) is 2.05. The van der Waals surface area contributed by atoms with Crippen molar-refractivity contribution in [2.75, 3.05) is 13.1 Å². The normalized spacial score (nSPS) is 22.9. The van der Waals surface area contributed by atoms with Gasteiger partial charge in [-0.05, 0) is 18.7 Å². The number of piperidine rings is 1. The van der Waals surface area contributed by atoms with Crippen LogP contribution in [0.3, 0.4) is 0 Å². The number of aliphatic imine (C=N–C) groups is 1. The minimum absolute atomic E-state index is 0.224. The van der Waals surface area contributed by atoms with Crippen LogP contribution in [0.25, 0.3) is 0 Å². The van der Waals surface area contributed by atoms with Gasteiger partial charge in [0.2, 0.25) is 0 Å². The minimum Gasteiger partial charge on any atom is -0.445 e. The molecule has 2 unspecified atom stereocenters. The Kier molecular flexibility index (Phi) is 4.49. The lowest BCUT2D eigenvalue weighted by Gasteiger charge is -2.32. The van der Waals surface area contributed by atoms with E-state index in [-0.39, 0.29) is 19.6 Å². The van der Waals surface area contributed by atoms with Crippen molar-refractivity contribution in [1.29, 1.82) is 0 Å². The number of carbonyl (C=O) groups is 1. The molecule has 19 heavy (non-hydrogen) atoms. The molecule has 4 nitrogen and oxygen atoms in total. The third kappa shape index (κ3) is 3.53. The largest absolute Gasteiger partial charge is 0.445 e. The number of nitrogens with zero attached hydrogens (tertiary/aromatic N) is 2.